The van der Waals surface area contributed by atoms with Gasteiger partial charge in [-0.2, -0.15) is 0 Å². The van der Waals surface area contributed by atoms with Crippen molar-refractivity contribution < 1.29 is 29.3 Å². The number of aliphatic hydroxyl groups excluding tert-OH is 1. The summed E-state index contributed by atoms with van der Waals surface area (Å²) in [6.45, 7) is 1.24. The van der Waals surface area contributed by atoms with E-state index in [-0.39, 0.29) is 42.2 Å². The number of hydrogen-bond acceptors (Lipinski definition) is 6. The number of morpholine rings is 1. The smallest absolute Gasteiger partial charge is 0.254 e. The molecule has 1 unspecified atom stereocenters. The predicted molar refractivity (Wildman–Crippen MR) is 102 cm³/mol. The first-order chi connectivity index (χ1) is 13.7. The minimum Gasteiger partial charge on any atom is -0.507 e. The molecule has 1 aliphatic heterocycles. The quantitative estimate of drug-likeness (QED) is 0.704. The third kappa shape index (κ3) is 4.32. The van der Waals surface area contributed by atoms with Crippen LogP contribution in [0.25, 0.3) is 0 Å². The molecule has 1 aliphatic rings. The Hall–Kier alpha value is -2.90. The molecular formula is C21H23NO6. The molecular weight excluding hydrogens is 362 g/mol. The molecule has 148 valence electrons. The van der Waals surface area contributed by atoms with E-state index in [4.69, 9.17) is 9.47 Å². The first-order valence-corrected chi connectivity index (χ1v) is 9.13. The normalized spacial score (nSPS) is 16.6. The lowest BCUT2D eigenvalue weighted by Crippen LogP contribution is -2.51. The zero-order chi connectivity index (χ0) is 19.9. The first-order valence-electron chi connectivity index (χ1n) is 9.13. The SMILES string of the molecule is O=Cc1c(O)cccc1OCC1COCCN1C(=O)c1ccccc1CCO. The second-order valence-corrected chi connectivity index (χ2v) is 6.48. The third-order valence-electron chi connectivity index (χ3n) is 4.71. The molecule has 3 rings (SSSR count). The van der Waals surface area contributed by atoms with E-state index in [2.05, 4.69) is 0 Å². The molecule has 7 heteroatoms. The van der Waals surface area contributed by atoms with Crippen LogP contribution in [0.5, 0.6) is 11.5 Å². The van der Waals surface area contributed by atoms with Crippen molar-refractivity contribution >= 4 is 12.2 Å². The summed E-state index contributed by atoms with van der Waals surface area (Å²) in [5.41, 5.74) is 1.41. The number of amides is 1. The molecule has 1 heterocycles. The van der Waals surface area contributed by atoms with Crippen molar-refractivity contribution in [2.24, 2.45) is 0 Å². The Morgan fingerprint density at radius 1 is 1.25 bits per heavy atom. The fraction of sp³-hybridized carbons (Fsp3) is 0.333. The molecule has 1 amide bonds. The Bertz CT molecular complexity index is 837. The Balaban J connectivity index is 1.77. The molecule has 7 nitrogen and oxygen atoms in total. The molecule has 0 spiro atoms. The fourth-order valence-corrected chi connectivity index (χ4v) is 3.25. The highest BCUT2D eigenvalue weighted by Crippen LogP contribution is 2.26. The minimum atomic E-state index is -0.342. The number of hydrogen-bond donors (Lipinski definition) is 2. The van der Waals surface area contributed by atoms with Crippen LogP contribution < -0.4 is 4.74 Å². The highest BCUT2D eigenvalue weighted by atomic mass is 16.5. The highest BCUT2D eigenvalue weighted by molar-refractivity contribution is 5.96. The lowest BCUT2D eigenvalue weighted by atomic mass is 10.0. The van der Waals surface area contributed by atoms with Crippen molar-refractivity contribution in [3.05, 3.63) is 59.2 Å². The number of aliphatic hydroxyl groups is 1. The molecule has 2 N–H and O–H groups in total. The number of nitrogens with zero attached hydrogens (tertiary/aromatic N) is 1. The van der Waals surface area contributed by atoms with E-state index in [1.807, 2.05) is 12.1 Å². The monoisotopic (exact) mass is 385 g/mol. The van der Waals surface area contributed by atoms with Crippen LogP contribution in [0.3, 0.4) is 0 Å². The molecule has 2 aromatic carbocycles. The topological polar surface area (TPSA) is 96.3 Å². The van der Waals surface area contributed by atoms with Gasteiger partial charge < -0.3 is 24.6 Å². The summed E-state index contributed by atoms with van der Waals surface area (Å²) in [6.07, 6.45) is 0.940. The highest BCUT2D eigenvalue weighted by Gasteiger charge is 2.30. The van der Waals surface area contributed by atoms with Gasteiger partial charge in [0, 0.05) is 18.7 Å². The van der Waals surface area contributed by atoms with Gasteiger partial charge in [-0.05, 0) is 30.2 Å². The maximum atomic E-state index is 13.1. The van der Waals surface area contributed by atoms with Gasteiger partial charge in [0.2, 0.25) is 0 Å². The van der Waals surface area contributed by atoms with Gasteiger partial charge in [0.25, 0.3) is 5.91 Å². The van der Waals surface area contributed by atoms with Gasteiger partial charge in [-0.15, -0.1) is 0 Å². The zero-order valence-electron chi connectivity index (χ0n) is 15.4. The van der Waals surface area contributed by atoms with Gasteiger partial charge in [-0.25, -0.2) is 0 Å². The van der Waals surface area contributed by atoms with Gasteiger partial charge in [0.15, 0.2) is 6.29 Å². The summed E-state index contributed by atoms with van der Waals surface area (Å²) in [7, 11) is 0. The van der Waals surface area contributed by atoms with Crippen LogP contribution in [0.1, 0.15) is 26.3 Å². The first kappa shape index (κ1) is 19.9. The lowest BCUT2D eigenvalue weighted by Gasteiger charge is -2.36. The Morgan fingerprint density at radius 3 is 2.86 bits per heavy atom. The number of ether oxygens (including phenoxy) is 2. The van der Waals surface area contributed by atoms with Crippen LogP contribution >= 0.6 is 0 Å². The molecule has 28 heavy (non-hydrogen) atoms. The van der Waals surface area contributed by atoms with E-state index in [0.717, 1.165) is 5.56 Å². The van der Waals surface area contributed by atoms with Crippen LogP contribution in [0.15, 0.2) is 42.5 Å². The number of aldehydes is 1. The van der Waals surface area contributed by atoms with Crippen molar-refractivity contribution in [2.45, 2.75) is 12.5 Å². The molecule has 2 aromatic rings. The summed E-state index contributed by atoms with van der Waals surface area (Å²) in [4.78, 5) is 26.0. The second kappa shape index (κ2) is 9.34. The number of phenolic OH excluding ortho intramolecular Hbond substituents is 1. The van der Waals surface area contributed by atoms with E-state index >= 15 is 0 Å². The van der Waals surface area contributed by atoms with Gasteiger partial charge in [0.1, 0.15) is 18.1 Å². The zero-order valence-corrected chi connectivity index (χ0v) is 15.4. The van der Waals surface area contributed by atoms with E-state index in [1.165, 1.54) is 6.07 Å². The average Bonchev–Trinajstić information content (AvgIpc) is 2.72. The van der Waals surface area contributed by atoms with Crippen LogP contribution in [0.4, 0.5) is 0 Å². The van der Waals surface area contributed by atoms with Gasteiger partial charge >= 0.3 is 0 Å². The average molecular weight is 385 g/mol. The summed E-state index contributed by atoms with van der Waals surface area (Å²) < 4.78 is 11.2. The number of benzene rings is 2. The number of carbonyl (C=O) groups excluding carboxylic acids is 2. The number of aromatic hydroxyl groups is 1. The molecule has 0 aromatic heterocycles. The Labute approximate surface area is 163 Å². The maximum Gasteiger partial charge on any atom is 0.254 e. The molecule has 1 atom stereocenters. The van der Waals surface area contributed by atoms with E-state index < -0.39 is 0 Å². The van der Waals surface area contributed by atoms with Crippen molar-refractivity contribution in [1.29, 1.82) is 0 Å². The number of phenols is 1. The van der Waals surface area contributed by atoms with E-state index in [1.54, 1.807) is 29.2 Å². The van der Waals surface area contributed by atoms with E-state index in [0.29, 0.717) is 38.0 Å². The third-order valence-corrected chi connectivity index (χ3v) is 4.71. The lowest BCUT2D eigenvalue weighted by molar-refractivity contribution is -0.0151. The van der Waals surface area contributed by atoms with Crippen LogP contribution in [-0.4, -0.2) is 66.3 Å². The van der Waals surface area contributed by atoms with Crippen molar-refractivity contribution in [3.8, 4) is 11.5 Å². The molecule has 1 fully saturated rings. The van der Waals surface area contributed by atoms with Crippen LogP contribution in [0, 0.1) is 0 Å². The standard InChI is InChI=1S/C21H23NO6/c23-10-8-15-4-1-2-5-17(15)21(26)22-9-11-27-13-16(22)14-28-20-7-3-6-19(25)18(20)12-24/h1-7,12,16,23,25H,8-11,13-14H2. The summed E-state index contributed by atoms with van der Waals surface area (Å²) >= 11 is 0. The largest absolute Gasteiger partial charge is 0.507 e. The van der Waals surface area contributed by atoms with Gasteiger partial charge in [0.05, 0.1) is 24.8 Å². The van der Waals surface area contributed by atoms with Crippen molar-refractivity contribution in [1.82, 2.24) is 4.90 Å². The molecule has 0 saturated carbocycles. The van der Waals surface area contributed by atoms with Crippen molar-refractivity contribution in [3.63, 3.8) is 0 Å². The maximum absolute atomic E-state index is 13.1. The van der Waals surface area contributed by atoms with Gasteiger partial charge in [-0.1, -0.05) is 24.3 Å². The van der Waals surface area contributed by atoms with Crippen LogP contribution in [0.2, 0.25) is 0 Å². The molecule has 0 aliphatic carbocycles. The minimum absolute atomic E-state index is 0.0358. The molecule has 0 radical (unpaired) electrons. The van der Waals surface area contributed by atoms with Crippen molar-refractivity contribution in [2.75, 3.05) is 33.0 Å². The number of rotatable bonds is 7. The summed E-state index contributed by atoms with van der Waals surface area (Å²) in [5, 5.41) is 19.0. The summed E-state index contributed by atoms with van der Waals surface area (Å²) in [5.74, 6) is -0.0422. The summed E-state index contributed by atoms with van der Waals surface area (Å²) in [6, 6.07) is 11.5. The number of carbonyl (C=O) groups is 2. The molecule has 0 bridgehead atoms. The van der Waals surface area contributed by atoms with Gasteiger partial charge in [-0.3, -0.25) is 9.59 Å². The Morgan fingerprint density at radius 2 is 2.07 bits per heavy atom. The van der Waals surface area contributed by atoms with Crippen LogP contribution in [-0.2, 0) is 11.2 Å². The Kier molecular flexibility index (Phi) is 6.62. The second-order valence-electron chi connectivity index (χ2n) is 6.48. The molecule has 1 saturated heterocycles. The predicted octanol–water partition coefficient (Wildman–Crippen LogP) is 1.66. The fourth-order valence-electron chi connectivity index (χ4n) is 3.25. The van der Waals surface area contributed by atoms with E-state index in [9.17, 15) is 19.8 Å².